The average molecular weight is 320 g/mol. The Morgan fingerprint density at radius 2 is 1.91 bits per heavy atom. The van der Waals surface area contributed by atoms with Crippen LogP contribution in [-0.2, 0) is 9.59 Å². The molecule has 0 bridgehead atoms. The predicted octanol–water partition coefficient (Wildman–Crippen LogP) is 1.38. The summed E-state index contributed by atoms with van der Waals surface area (Å²) in [6.07, 6.45) is 4.08. The molecule has 1 heterocycles. The molecule has 1 aliphatic rings. The molecule has 122 valence electrons. The highest BCUT2D eigenvalue weighted by atomic mass is 16.5. The van der Waals surface area contributed by atoms with Crippen molar-refractivity contribution in [3.63, 3.8) is 0 Å². The molecule has 0 aliphatic heterocycles. The van der Waals surface area contributed by atoms with E-state index in [4.69, 9.17) is 14.6 Å². The van der Waals surface area contributed by atoms with Gasteiger partial charge in [0.1, 0.15) is 0 Å². The predicted molar refractivity (Wildman–Crippen MR) is 79.2 cm³/mol. The Bertz CT molecular complexity index is 725. The molecule has 2 rings (SSSR count). The van der Waals surface area contributed by atoms with E-state index in [1.54, 1.807) is 0 Å². The minimum atomic E-state index is -1.44. The number of ether oxygens (including phenoxy) is 2. The Morgan fingerprint density at radius 1 is 1.22 bits per heavy atom. The van der Waals surface area contributed by atoms with Crippen LogP contribution in [0.3, 0.4) is 0 Å². The molecule has 0 radical (unpaired) electrons. The summed E-state index contributed by atoms with van der Waals surface area (Å²) in [5, 5.41) is 18.7. The molecule has 1 aliphatic carbocycles. The quantitative estimate of drug-likeness (QED) is 0.835. The van der Waals surface area contributed by atoms with Crippen LogP contribution in [0.15, 0.2) is 23.9 Å². The van der Waals surface area contributed by atoms with Crippen molar-refractivity contribution < 1.29 is 29.3 Å². The first-order valence-electron chi connectivity index (χ1n) is 6.67. The lowest BCUT2D eigenvalue weighted by Crippen LogP contribution is -2.32. The molecule has 0 spiro atoms. The number of nitrogens with zero attached hydrogens (tertiary/aromatic N) is 2. The summed E-state index contributed by atoms with van der Waals surface area (Å²) in [5.41, 5.74) is -0.673. The van der Waals surface area contributed by atoms with Crippen molar-refractivity contribution in [3.8, 4) is 11.9 Å². The molecule has 0 fully saturated rings. The van der Waals surface area contributed by atoms with E-state index < -0.39 is 17.4 Å². The topological polar surface area (TPSA) is 119 Å². The first-order chi connectivity index (χ1) is 10.8. The second-order valence-electron chi connectivity index (χ2n) is 5.17. The molecule has 1 aromatic rings. The number of carboxylic acids is 2. The van der Waals surface area contributed by atoms with E-state index in [-0.39, 0.29) is 23.9 Å². The maximum atomic E-state index is 11.8. The maximum absolute atomic E-state index is 11.8. The largest absolute Gasteiger partial charge is 0.481 e. The summed E-state index contributed by atoms with van der Waals surface area (Å²) in [6, 6.07) is 0.0841. The normalized spacial score (nSPS) is 20.3. The van der Waals surface area contributed by atoms with Crippen LogP contribution in [-0.4, -0.2) is 46.3 Å². The van der Waals surface area contributed by atoms with Gasteiger partial charge in [0.2, 0.25) is 5.88 Å². The number of aliphatic carboxylic acids is 2. The number of hydrogen-bond acceptors (Lipinski definition) is 6. The van der Waals surface area contributed by atoms with Crippen LogP contribution in [0.4, 0.5) is 0 Å². The fourth-order valence-electron chi connectivity index (χ4n) is 2.42. The van der Waals surface area contributed by atoms with Gasteiger partial charge >= 0.3 is 17.9 Å². The van der Waals surface area contributed by atoms with Crippen molar-refractivity contribution in [2.75, 3.05) is 14.2 Å². The third kappa shape index (κ3) is 2.87. The third-order valence-corrected chi connectivity index (χ3v) is 3.73. The molecule has 0 aromatic carbocycles. The third-order valence-electron chi connectivity index (χ3n) is 3.73. The van der Waals surface area contributed by atoms with Gasteiger partial charge in [0, 0.05) is 11.8 Å². The number of allylic oxidation sites excluding steroid dienone is 2. The van der Waals surface area contributed by atoms with Crippen molar-refractivity contribution in [1.82, 2.24) is 9.97 Å². The molecular weight excluding hydrogens is 304 g/mol. The van der Waals surface area contributed by atoms with E-state index in [1.165, 1.54) is 39.5 Å². The van der Waals surface area contributed by atoms with E-state index in [9.17, 15) is 14.7 Å². The van der Waals surface area contributed by atoms with Gasteiger partial charge in [-0.1, -0.05) is 12.2 Å². The minimum absolute atomic E-state index is 0.0204. The van der Waals surface area contributed by atoms with Crippen LogP contribution in [0.25, 0.3) is 5.57 Å². The van der Waals surface area contributed by atoms with Crippen molar-refractivity contribution in [2.24, 2.45) is 5.41 Å². The van der Waals surface area contributed by atoms with Crippen LogP contribution < -0.4 is 9.47 Å². The van der Waals surface area contributed by atoms with Crippen molar-refractivity contribution in [3.05, 3.63) is 29.5 Å². The zero-order chi connectivity index (χ0) is 17.2. The zero-order valence-corrected chi connectivity index (χ0v) is 12.9. The lowest BCUT2D eigenvalue weighted by molar-refractivity contribution is -0.144. The van der Waals surface area contributed by atoms with Crippen molar-refractivity contribution >= 4 is 17.5 Å². The Labute approximate surface area is 132 Å². The minimum Gasteiger partial charge on any atom is -0.481 e. The van der Waals surface area contributed by atoms with Crippen molar-refractivity contribution in [1.29, 1.82) is 0 Å². The van der Waals surface area contributed by atoms with E-state index in [1.807, 2.05) is 0 Å². The monoisotopic (exact) mass is 320 g/mol. The molecule has 1 unspecified atom stereocenters. The molecule has 8 heteroatoms. The average Bonchev–Trinajstić information content (AvgIpc) is 2.54. The number of carbonyl (C=O) groups is 2. The highest BCUT2D eigenvalue weighted by Crippen LogP contribution is 2.45. The Kier molecular flexibility index (Phi) is 4.35. The van der Waals surface area contributed by atoms with Gasteiger partial charge in [0.05, 0.1) is 25.2 Å². The van der Waals surface area contributed by atoms with Crippen LogP contribution in [0.2, 0.25) is 0 Å². The van der Waals surface area contributed by atoms with E-state index in [0.717, 1.165) is 0 Å². The number of methoxy groups -OCH3 is 2. The molecule has 0 saturated heterocycles. The summed E-state index contributed by atoms with van der Waals surface area (Å²) in [7, 11) is 2.79. The number of hydrogen-bond donors (Lipinski definition) is 2. The van der Waals surface area contributed by atoms with Gasteiger partial charge in [0.25, 0.3) is 0 Å². The Balaban J connectivity index is 2.63. The molecule has 1 atom stereocenters. The molecule has 0 amide bonds. The molecule has 1 aromatic heterocycles. The van der Waals surface area contributed by atoms with Gasteiger partial charge in [0.15, 0.2) is 0 Å². The van der Waals surface area contributed by atoms with Gasteiger partial charge in [-0.3, -0.25) is 4.79 Å². The molecule has 2 N–H and O–H groups in total. The van der Waals surface area contributed by atoms with Crippen molar-refractivity contribution in [2.45, 2.75) is 13.3 Å². The second-order valence-corrected chi connectivity index (χ2v) is 5.17. The zero-order valence-electron chi connectivity index (χ0n) is 12.9. The lowest BCUT2D eigenvalue weighted by atomic mass is 9.71. The first-order valence-corrected chi connectivity index (χ1v) is 6.67. The van der Waals surface area contributed by atoms with E-state index in [0.29, 0.717) is 11.1 Å². The fourth-order valence-corrected chi connectivity index (χ4v) is 2.42. The molecule has 8 nitrogen and oxygen atoms in total. The van der Waals surface area contributed by atoms with Gasteiger partial charge in [-0.15, -0.1) is 0 Å². The molecule has 0 saturated carbocycles. The van der Waals surface area contributed by atoms with Gasteiger partial charge in [-0.2, -0.15) is 4.98 Å². The molecule has 23 heavy (non-hydrogen) atoms. The Morgan fingerprint density at radius 3 is 2.43 bits per heavy atom. The summed E-state index contributed by atoms with van der Waals surface area (Å²) in [4.78, 5) is 31.0. The lowest BCUT2D eigenvalue weighted by Gasteiger charge is -2.31. The SMILES string of the molecule is COc1ncc(C2=CC=C(C(=O)O)CC2(C)C(=O)O)c(OC)n1. The summed E-state index contributed by atoms with van der Waals surface area (Å²) < 4.78 is 10.1. The summed E-state index contributed by atoms with van der Waals surface area (Å²) in [5.74, 6) is -2.14. The van der Waals surface area contributed by atoms with Gasteiger partial charge in [-0.05, 0) is 18.9 Å². The summed E-state index contributed by atoms with van der Waals surface area (Å²) >= 11 is 0. The highest BCUT2D eigenvalue weighted by Gasteiger charge is 2.42. The smallest absolute Gasteiger partial charge is 0.331 e. The number of aromatic nitrogens is 2. The fraction of sp³-hybridized carbons (Fsp3) is 0.333. The summed E-state index contributed by atoms with van der Waals surface area (Å²) in [6.45, 7) is 1.46. The van der Waals surface area contributed by atoms with Crippen LogP contribution in [0.5, 0.6) is 11.9 Å². The van der Waals surface area contributed by atoms with Crippen LogP contribution in [0.1, 0.15) is 18.9 Å². The highest BCUT2D eigenvalue weighted by molar-refractivity contribution is 5.98. The second kappa shape index (κ2) is 6.07. The molecular formula is C15H16N2O6. The van der Waals surface area contributed by atoms with E-state index >= 15 is 0 Å². The first kappa shape index (κ1) is 16.5. The number of rotatable bonds is 5. The standard InChI is InChI=1S/C15H16N2O6/c1-15(13(20)21)6-8(12(18)19)4-5-10(15)9-7-16-14(23-3)17-11(9)22-2/h4-5,7H,6H2,1-3H3,(H,18,19)(H,20,21). The van der Waals surface area contributed by atoms with Gasteiger partial charge < -0.3 is 19.7 Å². The van der Waals surface area contributed by atoms with E-state index in [2.05, 4.69) is 9.97 Å². The number of carboxylic acid groups (broad SMARTS) is 2. The Hall–Kier alpha value is -2.90. The maximum Gasteiger partial charge on any atom is 0.331 e. The van der Waals surface area contributed by atoms with Crippen LogP contribution in [0, 0.1) is 5.41 Å². The van der Waals surface area contributed by atoms with Gasteiger partial charge in [-0.25, -0.2) is 9.78 Å². The van der Waals surface area contributed by atoms with Crippen LogP contribution >= 0.6 is 0 Å².